The fraction of sp³-hybridized carbons (Fsp3) is 0.500. The van der Waals surface area contributed by atoms with Crippen molar-refractivity contribution >= 4 is 21.7 Å². The first kappa shape index (κ1) is 16.7. The van der Waals surface area contributed by atoms with Crippen LogP contribution >= 0.6 is 0 Å². The molecule has 22 heavy (non-hydrogen) atoms. The predicted molar refractivity (Wildman–Crippen MR) is 85.1 cm³/mol. The molecule has 122 valence electrons. The van der Waals surface area contributed by atoms with Gasteiger partial charge in [-0.05, 0) is 49.7 Å². The van der Waals surface area contributed by atoms with Crippen LogP contribution in [0.1, 0.15) is 13.3 Å². The highest BCUT2D eigenvalue weighted by Gasteiger charge is 2.23. The van der Waals surface area contributed by atoms with E-state index in [2.05, 4.69) is 21.9 Å². The fourth-order valence-electron chi connectivity index (χ4n) is 2.54. The van der Waals surface area contributed by atoms with Crippen LogP contribution in [0.4, 0.5) is 10.5 Å². The Morgan fingerprint density at radius 3 is 2.59 bits per heavy atom. The molecule has 1 fully saturated rings. The van der Waals surface area contributed by atoms with Gasteiger partial charge in [-0.2, -0.15) is 0 Å². The molecule has 8 heteroatoms. The molecule has 0 radical (unpaired) electrons. The smallest absolute Gasteiger partial charge is 0.316 e. The average molecular weight is 326 g/mol. The molecule has 1 aliphatic rings. The maximum Gasteiger partial charge on any atom is 0.316 e. The number of amides is 2. The first-order chi connectivity index (χ1) is 10.4. The monoisotopic (exact) mass is 326 g/mol. The first-order valence-electron chi connectivity index (χ1n) is 7.29. The number of rotatable bonds is 6. The van der Waals surface area contributed by atoms with Gasteiger partial charge in [-0.3, -0.25) is 0 Å². The molecule has 0 saturated carbocycles. The summed E-state index contributed by atoms with van der Waals surface area (Å²) in [7, 11) is -3.53. The van der Waals surface area contributed by atoms with Gasteiger partial charge in [0.25, 0.3) is 0 Å². The number of hydrogen-bond acceptors (Lipinski definition) is 4. The summed E-state index contributed by atoms with van der Waals surface area (Å²) in [5.74, 6) is 0.352. The molecule has 0 unspecified atom stereocenters. The molecular formula is C14H22N4O3S. The van der Waals surface area contributed by atoms with Crippen molar-refractivity contribution in [3.05, 3.63) is 24.3 Å². The van der Waals surface area contributed by atoms with Gasteiger partial charge in [0.1, 0.15) is 0 Å². The fourth-order valence-corrected chi connectivity index (χ4v) is 3.65. The van der Waals surface area contributed by atoms with Gasteiger partial charge in [0.05, 0.1) is 4.90 Å². The van der Waals surface area contributed by atoms with Crippen LogP contribution in [0.5, 0.6) is 0 Å². The Balaban J connectivity index is 1.94. The highest BCUT2D eigenvalue weighted by Crippen LogP contribution is 2.17. The largest absolute Gasteiger partial charge is 0.351 e. The minimum atomic E-state index is -3.53. The number of urea groups is 1. The number of nitrogens with one attached hydrogen (secondary N) is 2. The molecule has 1 aliphatic heterocycles. The summed E-state index contributed by atoms with van der Waals surface area (Å²) >= 11 is 0. The number of carbonyl (C=O) groups is 1. The molecule has 1 saturated heterocycles. The highest BCUT2D eigenvalue weighted by atomic mass is 32.2. The summed E-state index contributed by atoms with van der Waals surface area (Å²) in [5, 5.41) is 2.39. The van der Waals surface area contributed by atoms with Gasteiger partial charge < -0.3 is 16.0 Å². The molecule has 2 rings (SSSR count). The van der Waals surface area contributed by atoms with E-state index in [-0.39, 0.29) is 4.90 Å². The van der Waals surface area contributed by atoms with E-state index in [0.717, 1.165) is 26.1 Å². The third-order valence-corrected chi connectivity index (χ3v) is 5.25. The predicted octanol–water partition coefficient (Wildman–Crippen LogP) is 0.797. The van der Waals surface area contributed by atoms with E-state index in [0.29, 0.717) is 18.2 Å². The second kappa shape index (κ2) is 7.08. The lowest BCUT2D eigenvalue weighted by molar-refractivity contribution is 0.259. The quantitative estimate of drug-likeness (QED) is 0.719. The molecule has 1 atom stereocenters. The maximum absolute atomic E-state index is 12.2. The molecule has 4 N–H and O–H groups in total. The summed E-state index contributed by atoms with van der Waals surface area (Å²) in [6.45, 7) is 5.50. The van der Waals surface area contributed by atoms with E-state index in [9.17, 15) is 13.2 Å². The lowest BCUT2D eigenvalue weighted by Crippen LogP contribution is -2.31. The zero-order valence-electron chi connectivity index (χ0n) is 12.6. The number of likely N-dealkylation sites (tertiary alicyclic amines) is 1. The minimum Gasteiger partial charge on any atom is -0.351 e. The number of anilines is 1. The van der Waals surface area contributed by atoms with Gasteiger partial charge in [-0.15, -0.1) is 0 Å². The van der Waals surface area contributed by atoms with Gasteiger partial charge in [0, 0.05) is 18.8 Å². The van der Waals surface area contributed by atoms with Crippen LogP contribution in [0.3, 0.4) is 0 Å². The van der Waals surface area contributed by atoms with Crippen molar-refractivity contribution in [2.45, 2.75) is 18.2 Å². The van der Waals surface area contributed by atoms with Crippen molar-refractivity contribution < 1.29 is 13.2 Å². The lowest BCUT2D eigenvalue weighted by Gasteiger charge is -2.14. The summed E-state index contributed by atoms with van der Waals surface area (Å²) < 4.78 is 27.1. The Hall–Kier alpha value is -1.64. The summed E-state index contributed by atoms with van der Waals surface area (Å²) in [6.07, 6.45) is 1.01. The average Bonchev–Trinajstić information content (AvgIpc) is 2.93. The van der Waals surface area contributed by atoms with E-state index in [4.69, 9.17) is 5.73 Å². The molecule has 1 aromatic rings. The Morgan fingerprint density at radius 2 is 2.05 bits per heavy atom. The molecule has 1 heterocycles. The number of hydrogen-bond donors (Lipinski definition) is 3. The molecule has 1 aromatic carbocycles. The van der Waals surface area contributed by atoms with Crippen LogP contribution in [-0.2, 0) is 10.0 Å². The molecule has 0 bridgehead atoms. The Kier molecular flexibility index (Phi) is 5.38. The maximum atomic E-state index is 12.2. The van der Waals surface area contributed by atoms with Crippen LogP contribution < -0.4 is 15.8 Å². The molecular weight excluding hydrogens is 304 g/mol. The zero-order chi connectivity index (χ0) is 16.2. The summed E-state index contributed by atoms with van der Waals surface area (Å²) in [4.78, 5) is 13.2. The molecule has 0 spiro atoms. The van der Waals surface area contributed by atoms with Crippen LogP contribution in [0.15, 0.2) is 29.2 Å². The van der Waals surface area contributed by atoms with E-state index in [1.807, 2.05) is 0 Å². The second-order valence-electron chi connectivity index (χ2n) is 5.41. The van der Waals surface area contributed by atoms with Crippen molar-refractivity contribution in [3.63, 3.8) is 0 Å². The van der Waals surface area contributed by atoms with Crippen molar-refractivity contribution in [2.24, 2.45) is 11.7 Å². The summed E-state index contributed by atoms with van der Waals surface area (Å²) in [6, 6.07) is 5.22. The SMILES string of the molecule is CCN1CC[C@@H](CNS(=O)(=O)c2ccc(NC(N)=O)cc2)C1. The zero-order valence-corrected chi connectivity index (χ0v) is 13.4. The minimum absolute atomic E-state index is 0.174. The molecule has 0 aliphatic carbocycles. The standard InChI is InChI=1S/C14H22N4O3S/c1-2-18-8-7-11(10-18)9-16-22(20,21)13-5-3-12(4-6-13)17-14(15)19/h3-6,11,16H,2,7-10H2,1H3,(H3,15,17,19)/t11-/m0/s1. The Labute approximate surface area is 130 Å². The normalized spacial score (nSPS) is 19.2. The highest BCUT2D eigenvalue weighted by molar-refractivity contribution is 7.89. The third kappa shape index (κ3) is 4.43. The number of benzene rings is 1. The van der Waals surface area contributed by atoms with Crippen molar-refractivity contribution in [1.82, 2.24) is 9.62 Å². The first-order valence-corrected chi connectivity index (χ1v) is 8.77. The topological polar surface area (TPSA) is 105 Å². The molecule has 0 aromatic heterocycles. The van der Waals surface area contributed by atoms with Crippen LogP contribution in [-0.4, -0.2) is 45.5 Å². The number of primary amides is 1. The van der Waals surface area contributed by atoms with Crippen molar-refractivity contribution in [2.75, 3.05) is 31.5 Å². The van der Waals surface area contributed by atoms with Crippen LogP contribution in [0.2, 0.25) is 0 Å². The number of nitrogens with two attached hydrogens (primary N) is 1. The molecule has 2 amide bonds. The van der Waals surface area contributed by atoms with E-state index >= 15 is 0 Å². The second-order valence-corrected chi connectivity index (χ2v) is 7.18. The van der Waals surface area contributed by atoms with Crippen molar-refractivity contribution in [3.8, 4) is 0 Å². The lowest BCUT2D eigenvalue weighted by atomic mass is 10.1. The summed E-state index contributed by atoms with van der Waals surface area (Å²) in [5.41, 5.74) is 5.46. The van der Waals surface area contributed by atoms with Crippen LogP contribution in [0.25, 0.3) is 0 Å². The van der Waals surface area contributed by atoms with Gasteiger partial charge in [0.15, 0.2) is 0 Å². The Morgan fingerprint density at radius 1 is 1.36 bits per heavy atom. The third-order valence-electron chi connectivity index (χ3n) is 3.81. The number of carbonyl (C=O) groups excluding carboxylic acids is 1. The van der Waals surface area contributed by atoms with Gasteiger partial charge in [-0.25, -0.2) is 17.9 Å². The van der Waals surface area contributed by atoms with E-state index < -0.39 is 16.1 Å². The van der Waals surface area contributed by atoms with Gasteiger partial charge in [-0.1, -0.05) is 6.92 Å². The Bertz CT molecular complexity index is 615. The number of nitrogens with zero attached hydrogens (tertiary/aromatic N) is 1. The number of sulfonamides is 1. The van der Waals surface area contributed by atoms with Gasteiger partial charge in [0.2, 0.25) is 10.0 Å². The van der Waals surface area contributed by atoms with Gasteiger partial charge >= 0.3 is 6.03 Å². The molecule has 7 nitrogen and oxygen atoms in total. The van der Waals surface area contributed by atoms with Crippen LogP contribution in [0, 0.1) is 5.92 Å². The van der Waals surface area contributed by atoms with E-state index in [1.165, 1.54) is 24.3 Å². The van der Waals surface area contributed by atoms with E-state index in [1.54, 1.807) is 0 Å². The van der Waals surface area contributed by atoms with Crippen molar-refractivity contribution in [1.29, 1.82) is 0 Å².